The third kappa shape index (κ3) is 6.56. The molecule has 1 aromatic rings. The minimum atomic E-state index is -3.38. The SMILES string of the molecule is CC(C)C(CN(C)C)NS(=O)(=O)Cc1ccc(CO)cc1. The van der Waals surface area contributed by atoms with E-state index >= 15 is 0 Å². The molecule has 0 bridgehead atoms. The molecule has 0 saturated heterocycles. The number of hydrogen-bond acceptors (Lipinski definition) is 4. The second-order valence-corrected chi connectivity index (χ2v) is 7.72. The smallest absolute Gasteiger partial charge is 0.216 e. The van der Waals surface area contributed by atoms with Gasteiger partial charge in [-0.1, -0.05) is 38.1 Å². The van der Waals surface area contributed by atoms with Gasteiger partial charge < -0.3 is 10.0 Å². The summed E-state index contributed by atoms with van der Waals surface area (Å²) >= 11 is 0. The van der Waals surface area contributed by atoms with Crippen LogP contribution in [0.2, 0.25) is 0 Å². The topological polar surface area (TPSA) is 69.6 Å². The van der Waals surface area contributed by atoms with Crippen molar-refractivity contribution in [1.82, 2.24) is 9.62 Å². The number of sulfonamides is 1. The van der Waals surface area contributed by atoms with Crippen molar-refractivity contribution in [2.45, 2.75) is 32.2 Å². The summed E-state index contributed by atoms with van der Waals surface area (Å²) in [6.07, 6.45) is 0. The van der Waals surface area contributed by atoms with Crippen molar-refractivity contribution in [1.29, 1.82) is 0 Å². The van der Waals surface area contributed by atoms with E-state index in [0.717, 1.165) is 5.56 Å². The molecule has 6 heteroatoms. The van der Waals surface area contributed by atoms with E-state index in [-0.39, 0.29) is 24.3 Å². The minimum Gasteiger partial charge on any atom is -0.392 e. The van der Waals surface area contributed by atoms with Crippen LogP contribution in [0, 0.1) is 5.92 Å². The molecule has 5 nitrogen and oxygen atoms in total. The molecule has 0 aliphatic heterocycles. The molecule has 0 aromatic heterocycles. The first kappa shape index (κ1) is 18.1. The molecule has 0 fully saturated rings. The molecule has 0 spiro atoms. The number of likely N-dealkylation sites (N-methyl/N-ethyl adjacent to an activating group) is 1. The molecule has 21 heavy (non-hydrogen) atoms. The maximum atomic E-state index is 12.3. The van der Waals surface area contributed by atoms with Crippen LogP contribution in [0.4, 0.5) is 0 Å². The van der Waals surface area contributed by atoms with Gasteiger partial charge in [-0.2, -0.15) is 0 Å². The van der Waals surface area contributed by atoms with E-state index in [2.05, 4.69) is 4.72 Å². The number of benzene rings is 1. The standard InChI is InChI=1S/C15H26N2O3S/c1-12(2)15(9-17(3)4)16-21(19,20)11-14-7-5-13(10-18)6-8-14/h5-8,12,15-16,18H,9-11H2,1-4H3. The fourth-order valence-electron chi connectivity index (χ4n) is 2.01. The predicted octanol–water partition coefficient (Wildman–Crippen LogP) is 1.18. The van der Waals surface area contributed by atoms with Gasteiger partial charge in [0, 0.05) is 12.6 Å². The largest absolute Gasteiger partial charge is 0.392 e. The first-order valence-corrected chi connectivity index (χ1v) is 8.72. The fourth-order valence-corrected chi connectivity index (χ4v) is 3.53. The number of aliphatic hydroxyl groups excluding tert-OH is 1. The monoisotopic (exact) mass is 314 g/mol. The Morgan fingerprint density at radius 1 is 1.14 bits per heavy atom. The number of aliphatic hydroxyl groups is 1. The molecule has 0 saturated carbocycles. The lowest BCUT2D eigenvalue weighted by Gasteiger charge is -2.25. The summed E-state index contributed by atoms with van der Waals surface area (Å²) < 4.78 is 27.3. The molecule has 120 valence electrons. The van der Waals surface area contributed by atoms with E-state index < -0.39 is 10.0 Å². The second kappa shape index (κ2) is 7.89. The zero-order chi connectivity index (χ0) is 16.0. The van der Waals surface area contributed by atoms with E-state index in [4.69, 9.17) is 5.11 Å². The van der Waals surface area contributed by atoms with E-state index in [1.165, 1.54) is 0 Å². The lowest BCUT2D eigenvalue weighted by atomic mass is 10.1. The van der Waals surface area contributed by atoms with Crippen molar-refractivity contribution in [2.75, 3.05) is 20.6 Å². The maximum Gasteiger partial charge on any atom is 0.216 e. The molecular weight excluding hydrogens is 288 g/mol. The highest BCUT2D eigenvalue weighted by Crippen LogP contribution is 2.10. The lowest BCUT2D eigenvalue weighted by Crippen LogP contribution is -2.45. The van der Waals surface area contributed by atoms with Crippen LogP contribution in [0.3, 0.4) is 0 Å². The summed E-state index contributed by atoms with van der Waals surface area (Å²) in [5.41, 5.74) is 1.49. The van der Waals surface area contributed by atoms with Crippen LogP contribution in [0.25, 0.3) is 0 Å². The molecule has 0 aliphatic carbocycles. The molecule has 0 aliphatic rings. The van der Waals surface area contributed by atoms with Gasteiger partial charge in [-0.05, 0) is 31.1 Å². The summed E-state index contributed by atoms with van der Waals surface area (Å²) in [6, 6.07) is 6.85. The Kier molecular flexibility index (Phi) is 6.80. The van der Waals surface area contributed by atoms with Gasteiger partial charge in [0.1, 0.15) is 0 Å². The fraction of sp³-hybridized carbons (Fsp3) is 0.600. The molecule has 0 radical (unpaired) electrons. The maximum absolute atomic E-state index is 12.3. The van der Waals surface area contributed by atoms with Crippen LogP contribution in [-0.4, -0.2) is 45.1 Å². The molecule has 1 unspecified atom stereocenters. The highest BCUT2D eigenvalue weighted by Gasteiger charge is 2.21. The van der Waals surface area contributed by atoms with Crippen LogP contribution in [0.5, 0.6) is 0 Å². The van der Waals surface area contributed by atoms with Gasteiger partial charge in [-0.15, -0.1) is 0 Å². The first-order valence-electron chi connectivity index (χ1n) is 7.07. The zero-order valence-corrected chi connectivity index (χ0v) is 14.0. The van der Waals surface area contributed by atoms with E-state index in [9.17, 15) is 8.42 Å². The van der Waals surface area contributed by atoms with Gasteiger partial charge in [0.05, 0.1) is 12.4 Å². The van der Waals surface area contributed by atoms with Crippen molar-refractivity contribution in [3.05, 3.63) is 35.4 Å². The molecule has 0 amide bonds. The van der Waals surface area contributed by atoms with Crippen molar-refractivity contribution in [2.24, 2.45) is 5.92 Å². The highest BCUT2D eigenvalue weighted by atomic mass is 32.2. The Balaban J connectivity index is 2.74. The van der Waals surface area contributed by atoms with Gasteiger partial charge in [-0.3, -0.25) is 0 Å². The van der Waals surface area contributed by atoms with E-state index in [0.29, 0.717) is 12.1 Å². The van der Waals surface area contributed by atoms with E-state index in [1.54, 1.807) is 24.3 Å². The van der Waals surface area contributed by atoms with Crippen LogP contribution < -0.4 is 4.72 Å². The number of rotatable bonds is 8. The Hall–Kier alpha value is -0.950. The molecule has 1 aromatic carbocycles. The minimum absolute atomic E-state index is 0.0382. The van der Waals surface area contributed by atoms with Crippen LogP contribution in [-0.2, 0) is 22.4 Å². The highest BCUT2D eigenvalue weighted by molar-refractivity contribution is 7.88. The third-order valence-corrected chi connectivity index (χ3v) is 4.63. The van der Waals surface area contributed by atoms with Crippen molar-refractivity contribution in [3.8, 4) is 0 Å². The average molecular weight is 314 g/mol. The number of nitrogens with one attached hydrogen (secondary N) is 1. The van der Waals surface area contributed by atoms with E-state index in [1.807, 2.05) is 32.8 Å². The van der Waals surface area contributed by atoms with Crippen LogP contribution >= 0.6 is 0 Å². The lowest BCUT2D eigenvalue weighted by molar-refractivity contribution is 0.282. The Morgan fingerprint density at radius 2 is 1.67 bits per heavy atom. The van der Waals surface area contributed by atoms with Crippen LogP contribution in [0.1, 0.15) is 25.0 Å². The van der Waals surface area contributed by atoms with Gasteiger partial charge in [-0.25, -0.2) is 13.1 Å². The van der Waals surface area contributed by atoms with Gasteiger partial charge in [0.15, 0.2) is 0 Å². The summed E-state index contributed by atoms with van der Waals surface area (Å²) in [4.78, 5) is 1.98. The molecule has 1 rings (SSSR count). The van der Waals surface area contributed by atoms with Gasteiger partial charge >= 0.3 is 0 Å². The summed E-state index contributed by atoms with van der Waals surface area (Å²) in [7, 11) is 0.473. The van der Waals surface area contributed by atoms with Crippen molar-refractivity contribution in [3.63, 3.8) is 0 Å². The molecule has 1 atom stereocenters. The Morgan fingerprint density at radius 3 is 2.10 bits per heavy atom. The van der Waals surface area contributed by atoms with Crippen molar-refractivity contribution >= 4 is 10.0 Å². The molecule has 2 N–H and O–H groups in total. The summed E-state index contributed by atoms with van der Waals surface area (Å²) in [5.74, 6) is 0.175. The normalized spacial score (nSPS) is 13.9. The van der Waals surface area contributed by atoms with Crippen LogP contribution in [0.15, 0.2) is 24.3 Å². The third-order valence-electron chi connectivity index (χ3n) is 3.26. The zero-order valence-electron chi connectivity index (χ0n) is 13.2. The second-order valence-electron chi connectivity index (χ2n) is 5.96. The summed E-state index contributed by atoms with van der Waals surface area (Å²) in [5, 5.41) is 8.99. The predicted molar refractivity (Wildman–Crippen MR) is 85.3 cm³/mol. The van der Waals surface area contributed by atoms with Gasteiger partial charge in [0.2, 0.25) is 10.0 Å². The first-order chi connectivity index (χ1) is 9.73. The average Bonchev–Trinajstić information content (AvgIpc) is 2.37. The Bertz CT molecular complexity index is 524. The molecular formula is C15H26N2O3S. The van der Waals surface area contributed by atoms with Gasteiger partial charge in [0.25, 0.3) is 0 Å². The Labute approximate surface area is 128 Å². The summed E-state index contributed by atoms with van der Waals surface area (Å²) in [6.45, 7) is 4.64. The van der Waals surface area contributed by atoms with Crippen molar-refractivity contribution < 1.29 is 13.5 Å². The number of hydrogen-bond donors (Lipinski definition) is 2. The quantitative estimate of drug-likeness (QED) is 0.756. The molecule has 0 heterocycles. The number of nitrogens with zero attached hydrogens (tertiary/aromatic N) is 1.